The second kappa shape index (κ2) is 7.90. The summed E-state index contributed by atoms with van der Waals surface area (Å²) in [5.74, 6) is 0.571. The number of amides is 1. The van der Waals surface area contributed by atoms with Crippen LogP contribution in [0.1, 0.15) is 39.2 Å². The summed E-state index contributed by atoms with van der Waals surface area (Å²) in [5, 5.41) is 0. The number of likely N-dealkylation sites (tertiary alicyclic amines) is 1. The molecule has 1 aliphatic heterocycles. The standard InChI is InChI=1S/C22H35N3O2/c1-5-27-19-13-22(23,21(19,2)3)20(26)24(4)14-18-11-12-25(16-18)15-17-9-7-6-8-10-17/h6-10,18-19H,5,11-16,23H2,1-4H3. The van der Waals surface area contributed by atoms with Gasteiger partial charge in [0.1, 0.15) is 5.54 Å². The lowest BCUT2D eigenvalue weighted by Crippen LogP contribution is -2.75. The van der Waals surface area contributed by atoms with Gasteiger partial charge in [-0.05, 0) is 31.4 Å². The van der Waals surface area contributed by atoms with E-state index in [-0.39, 0.29) is 17.4 Å². The molecule has 1 amide bonds. The molecule has 0 aromatic heterocycles. The first-order valence-electron chi connectivity index (χ1n) is 10.2. The largest absolute Gasteiger partial charge is 0.378 e. The van der Waals surface area contributed by atoms with E-state index in [0.29, 0.717) is 18.9 Å². The average molecular weight is 374 g/mol. The molecule has 3 rings (SSSR count). The first-order valence-corrected chi connectivity index (χ1v) is 10.2. The van der Waals surface area contributed by atoms with Crippen LogP contribution in [0.3, 0.4) is 0 Å². The first-order chi connectivity index (χ1) is 12.8. The third-order valence-corrected chi connectivity index (χ3v) is 6.71. The molecule has 1 heterocycles. The zero-order chi connectivity index (χ0) is 19.7. The molecule has 1 aromatic carbocycles. The summed E-state index contributed by atoms with van der Waals surface area (Å²) in [6.07, 6.45) is 1.81. The van der Waals surface area contributed by atoms with Crippen molar-refractivity contribution >= 4 is 5.91 Å². The Morgan fingerprint density at radius 2 is 2.04 bits per heavy atom. The Bertz CT molecular complexity index is 648. The first kappa shape index (κ1) is 20.3. The van der Waals surface area contributed by atoms with Gasteiger partial charge in [0.15, 0.2) is 0 Å². The zero-order valence-corrected chi connectivity index (χ0v) is 17.3. The molecule has 0 bridgehead atoms. The maximum atomic E-state index is 13.1. The van der Waals surface area contributed by atoms with Crippen LogP contribution >= 0.6 is 0 Å². The van der Waals surface area contributed by atoms with Crippen molar-refractivity contribution in [3.63, 3.8) is 0 Å². The van der Waals surface area contributed by atoms with Crippen LogP contribution in [0, 0.1) is 11.3 Å². The van der Waals surface area contributed by atoms with Crippen molar-refractivity contribution in [2.75, 3.05) is 33.3 Å². The highest BCUT2D eigenvalue weighted by molar-refractivity contribution is 5.88. The molecule has 150 valence electrons. The van der Waals surface area contributed by atoms with Crippen molar-refractivity contribution in [2.45, 2.75) is 51.8 Å². The predicted octanol–water partition coefficient (Wildman–Crippen LogP) is 2.50. The second-order valence-corrected chi connectivity index (χ2v) is 8.90. The Hall–Kier alpha value is -1.43. The molecule has 2 aliphatic rings. The van der Waals surface area contributed by atoms with E-state index in [9.17, 15) is 4.79 Å². The van der Waals surface area contributed by atoms with Crippen molar-refractivity contribution in [1.82, 2.24) is 9.80 Å². The lowest BCUT2D eigenvalue weighted by Gasteiger charge is -2.58. The molecule has 5 heteroatoms. The molecule has 1 saturated heterocycles. The zero-order valence-electron chi connectivity index (χ0n) is 17.3. The molecule has 2 N–H and O–H groups in total. The monoisotopic (exact) mass is 373 g/mol. The smallest absolute Gasteiger partial charge is 0.243 e. The van der Waals surface area contributed by atoms with Gasteiger partial charge in [-0.2, -0.15) is 0 Å². The number of carbonyl (C=O) groups excluding carboxylic acids is 1. The highest BCUT2D eigenvalue weighted by Gasteiger charge is 2.63. The van der Waals surface area contributed by atoms with Gasteiger partial charge in [-0.3, -0.25) is 9.69 Å². The Morgan fingerprint density at radius 1 is 1.33 bits per heavy atom. The van der Waals surface area contributed by atoms with Gasteiger partial charge in [0.05, 0.1) is 6.10 Å². The lowest BCUT2D eigenvalue weighted by atomic mass is 9.54. The summed E-state index contributed by atoms with van der Waals surface area (Å²) in [6.45, 7) is 10.6. The number of ether oxygens (including phenoxy) is 1. The Kier molecular flexibility index (Phi) is 5.94. The minimum absolute atomic E-state index is 0.0602. The van der Waals surface area contributed by atoms with Crippen molar-refractivity contribution in [3.05, 3.63) is 35.9 Å². The van der Waals surface area contributed by atoms with Crippen molar-refractivity contribution < 1.29 is 9.53 Å². The number of carbonyl (C=O) groups is 1. The highest BCUT2D eigenvalue weighted by Crippen LogP contribution is 2.50. The molecule has 1 aliphatic carbocycles. The van der Waals surface area contributed by atoms with Crippen LogP contribution in [-0.2, 0) is 16.1 Å². The third kappa shape index (κ3) is 3.91. The van der Waals surface area contributed by atoms with Crippen LogP contribution in [-0.4, -0.2) is 60.6 Å². The van der Waals surface area contributed by atoms with Crippen LogP contribution in [0.2, 0.25) is 0 Å². The highest BCUT2D eigenvalue weighted by atomic mass is 16.5. The summed E-state index contributed by atoms with van der Waals surface area (Å²) in [6, 6.07) is 10.6. The Morgan fingerprint density at radius 3 is 2.67 bits per heavy atom. The van der Waals surface area contributed by atoms with Crippen molar-refractivity contribution in [2.24, 2.45) is 17.1 Å². The fraction of sp³-hybridized carbons (Fsp3) is 0.682. The molecule has 27 heavy (non-hydrogen) atoms. The van der Waals surface area contributed by atoms with Crippen molar-refractivity contribution in [3.8, 4) is 0 Å². The van der Waals surface area contributed by atoms with Gasteiger partial charge in [-0.25, -0.2) is 0 Å². The lowest BCUT2D eigenvalue weighted by molar-refractivity contribution is -0.178. The maximum Gasteiger partial charge on any atom is 0.243 e. The van der Waals surface area contributed by atoms with E-state index in [2.05, 4.69) is 49.1 Å². The predicted molar refractivity (Wildman–Crippen MR) is 108 cm³/mol. The molecule has 2 fully saturated rings. The normalized spacial score (nSPS) is 30.1. The average Bonchev–Trinajstić information content (AvgIpc) is 3.08. The molecular formula is C22H35N3O2. The third-order valence-electron chi connectivity index (χ3n) is 6.71. The van der Waals surface area contributed by atoms with Gasteiger partial charge in [-0.15, -0.1) is 0 Å². The number of nitrogens with zero attached hydrogens (tertiary/aromatic N) is 2. The molecule has 1 saturated carbocycles. The molecule has 0 spiro atoms. The van der Waals surface area contributed by atoms with Crippen molar-refractivity contribution in [1.29, 1.82) is 0 Å². The SMILES string of the molecule is CCOC1CC(N)(C(=O)N(C)CC2CCN(Cc3ccccc3)C2)C1(C)C. The van der Waals surface area contributed by atoms with E-state index in [1.165, 1.54) is 5.56 Å². The van der Waals surface area contributed by atoms with Gasteiger partial charge in [0.2, 0.25) is 5.91 Å². The number of rotatable bonds is 7. The second-order valence-electron chi connectivity index (χ2n) is 8.90. The van der Waals surface area contributed by atoms with Crippen LogP contribution < -0.4 is 5.73 Å². The summed E-state index contributed by atoms with van der Waals surface area (Å²) in [7, 11) is 1.90. The molecule has 1 aromatic rings. The Balaban J connectivity index is 1.52. The van der Waals surface area contributed by atoms with Gasteiger partial charge in [0, 0.05) is 45.1 Å². The van der Waals surface area contributed by atoms with Gasteiger partial charge >= 0.3 is 0 Å². The summed E-state index contributed by atoms with van der Waals surface area (Å²) >= 11 is 0. The van der Waals surface area contributed by atoms with Crippen LogP contribution in [0.25, 0.3) is 0 Å². The topological polar surface area (TPSA) is 58.8 Å². The van der Waals surface area contributed by atoms with E-state index >= 15 is 0 Å². The van der Waals surface area contributed by atoms with Crippen LogP contribution in [0.5, 0.6) is 0 Å². The van der Waals surface area contributed by atoms with Gasteiger partial charge in [-0.1, -0.05) is 44.2 Å². The van der Waals surface area contributed by atoms with E-state index < -0.39 is 5.54 Å². The van der Waals surface area contributed by atoms with E-state index in [0.717, 1.165) is 32.6 Å². The molecule has 3 atom stereocenters. The van der Waals surface area contributed by atoms with E-state index in [1.54, 1.807) is 0 Å². The van der Waals surface area contributed by atoms with E-state index in [4.69, 9.17) is 10.5 Å². The molecule has 3 unspecified atom stereocenters. The van der Waals surface area contributed by atoms with Crippen LogP contribution in [0.4, 0.5) is 0 Å². The van der Waals surface area contributed by atoms with Gasteiger partial charge < -0.3 is 15.4 Å². The minimum Gasteiger partial charge on any atom is -0.378 e. The van der Waals surface area contributed by atoms with Gasteiger partial charge in [0.25, 0.3) is 0 Å². The van der Waals surface area contributed by atoms with E-state index in [1.807, 2.05) is 18.9 Å². The number of benzene rings is 1. The summed E-state index contributed by atoms with van der Waals surface area (Å²) in [4.78, 5) is 17.4. The number of hydrogen-bond acceptors (Lipinski definition) is 4. The number of hydrogen-bond donors (Lipinski definition) is 1. The molecule has 5 nitrogen and oxygen atoms in total. The maximum absolute atomic E-state index is 13.1. The minimum atomic E-state index is -0.816. The van der Waals surface area contributed by atoms with Crippen LogP contribution in [0.15, 0.2) is 30.3 Å². The Labute approximate surface area is 163 Å². The fourth-order valence-electron chi connectivity index (χ4n) is 4.66. The molecular weight excluding hydrogens is 338 g/mol. The quantitative estimate of drug-likeness (QED) is 0.798. The molecule has 0 radical (unpaired) electrons. The number of nitrogens with two attached hydrogens (primary N) is 1. The summed E-state index contributed by atoms with van der Waals surface area (Å²) in [5.41, 5.74) is 6.77. The number of likely N-dealkylation sites (N-methyl/N-ethyl adjacent to an activating group) is 1. The fourth-order valence-corrected chi connectivity index (χ4v) is 4.66. The summed E-state index contributed by atoms with van der Waals surface area (Å²) < 4.78 is 5.77.